The number of sulfonamides is 1. The molecular formula is C18H22N4O6S. The van der Waals surface area contributed by atoms with Crippen LogP contribution in [0.4, 0.5) is 5.69 Å². The predicted octanol–water partition coefficient (Wildman–Crippen LogP) is 0.625. The Hall–Kier alpha value is -2.76. The Kier molecular flexibility index (Phi) is 6.30. The number of nitrogens with one attached hydrogen (secondary N) is 1. The molecule has 1 aromatic carbocycles. The maximum absolute atomic E-state index is 12.6. The number of hydrogen-bond acceptors (Lipinski definition) is 7. The zero-order valence-corrected chi connectivity index (χ0v) is 16.9. The summed E-state index contributed by atoms with van der Waals surface area (Å²) in [6.07, 6.45) is 1.79. The monoisotopic (exact) mass is 422 g/mol. The summed E-state index contributed by atoms with van der Waals surface area (Å²) in [5.74, 6) is -1.20. The Morgan fingerprint density at radius 3 is 2.45 bits per heavy atom. The van der Waals surface area contributed by atoms with Crippen molar-refractivity contribution in [1.82, 2.24) is 14.1 Å². The molecule has 1 saturated heterocycles. The molecule has 156 valence electrons. The van der Waals surface area contributed by atoms with Crippen molar-refractivity contribution >= 4 is 27.6 Å². The molecule has 0 spiro atoms. The maximum Gasteiger partial charge on any atom is 0.342 e. The molecular weight excluding hydrogens is 400 g/mol. The van der Waals surface area contributed by atoms with Gasteiger partial charge in [-0.05, 0) is 31.2 Å². The third-order valence-corrected chi connectivity index (χ3v) is 6.24. The number of morpholine rings is 1. The zero-order valence-electron chi connectivity index (χ0n) is 16.1. The van der Waals surface area contributed by atoms with Gasteiger partial charge in [0.15, 0.2) is 6.10 Å². The van der Waals surface area contributed by atoms with Crippen LogP contribution in [0.2, 0.25) is 0 Å². The van der Waals surface area contributed by atoms with Crippen molar-refractivity contribution < 1.29 is 27.5 Å². The predicted molar refractivity (Wildman–Crippen MR) is 103 cm³/mol. The molecule has 29 heavy (non-hydrogen) atoms. The highest BCUT2D eigenvalue weighted by Gasteiger charge is 2.26. The summed E-state index contributed by atoms with van der Waals surface area (Å²) in [5, 5.41) is 6.47. The van der Waals surface area contributed by atoms with Crippen LogP contribution in [0, 0.1) is 0 Å². The minimum absolute atomic E-state index is 0.133. The minimum atomic E-state index is -3.60. The van der Waals surface area contributed by atoms with Crippen molar-refractivity contribution in [1.29, 1.82) is 0 Å². The lowest BCUT2D eigenvalue weighted by Crippen LogP contribution is -2.40. The molecule has 1 aliphatic heterocycles. The lowest BCUT2D eigenvalue weighted by atomic mass is 10.3. The van der Waals surface area contributed by atoms with Crippen LogP contribution in [0.5, 0.6) is 0 Å². The van der Waals surface area contributed by atoms with Gasteiger partial charge in [-0.2, -0.15) is 9.40 Å². The number of hydrogen-bond donors (Lipinski definition) is 1. The molecule has 1 fully saturated rings. The first-order chi connectivity index (χ1) is 13.8. The molecule has 0 radical (unpaired) electrons. The Balaban J connectivity index is 1.60. The highest BCUT2D eigenvalue weighted by atomic mass is 32.2. The molecule has 1 amide bonds. The Labute approximate surface area is 168 Å². The topological polar surface area (TPSA) is 120 Å². The Morgan fingerprint density at radius 1 is 1.21 bits per heavy atom. The van der Waals surface area contributed by atoms with E-state index in [0.29, 0.717) is 32.0 Å². The molecule has 1 unspecified atom stereocenters. The largest absolute Gasteiger partial charge is 0.449 e. The number of carbonyl (C=O) groups excluding carboxylic acids is 2. The van der Waals surface area contributed by atoms with Crippen molar-refractivity contribution in [3.8, 4) is 0 Å². The van der Waals surface area contributed by atoms with Crippen LogP contribution in [-0.4, -0.2) is 66.8 Å². The summed E-state index contributed by atoms with van der Waals surface area (Å²) in [6.45, 7) is 2.79. The van der Waals surface area contributed by atoms with Gasteiger partial charge >= 0.3 is 5.97 Å². The fourth-order valence-corrected chi connectivity index (χ4v) is 4.11. The molecule has 0 bridgehead atoms. The lowest BCUT2D eigenvalue weighted by Gasteiger charge is -2.26. The van der Waals surface area contributed by atoms with E-state index < -0.39 is 28.0 Å². The van der Waals surface area contributed by atoms with Gasteiger partial charge in [-0.25, -0.2) is 13.2 Å². The number of anilines is 1. The van der Waals surface area contributed by atoms with Gasteiger partial charge in [0.25, 0.3) is 5.91 Å². The van der Waals surface area contributed by atoms with Gasteiger partial charge in [0.1, 0.15) is 0 Å². The highest BCUT2D eigenvalue weighted by Crippen LogP contribution is 2.19. The number of aryl methyl sites for hydroxylation is 1. The van der Waals surface area contributed by atoms with Crippen LogP contribution in [0.1, 0.15) is 17.3 Å². The van der Waals surface area contributed by atoms with Gasteiger partial charge in [0, 0.05) is 32.0 Å². The van der Waals surface area contributed by atoms with Crippen LogP contribution in [-0.2, 0) is 31.3 Å². The van der Waals surface area contributed by atoms with Gasteiger partial charge in [0.2, 0.25) is 10.0 Å². The van der Waals surface area contributed by atoms with Crippen molar-refractivity contribution in [3.05, 3.63) is 42.2 Å². The zero-order chi connectivity index (χ0) is 21.0. The number of rotatable bonds is 6. The molecule has 11 heteroatoms. The van der Waals surface area contributed by atoms with E-state index in [0.717, 1.165) is 0 Å². The molecule has 1 aliphatic rings. The van der Waals surface area contributed by atoms with E-state index in [1.807, 2.05) is 0 Å². The summed E-state index contributed by atoms with van der Waals surface area (Å²) in [4.78, 5) is 24.4. The molecule has 0 saturated carbocycles. The fraction of sp³-hybridized carbons (Fsp3) is 0.389. The average Bonchev–Trinajstić information content (AvgIpc) is 3.15. The number of benzene rings is 1. The number of amides is 1. The molecule has 2 aromatic rings. The van der Waals surface area contributed by atoms with E-state index in [4.69, 9.17) is 9.47 Å². The summed E-state index contributed by atoms with van der Waals surface area (Å²) >= 11 is 0. The number of aromatic nitrogens is 2. The molecule has 1 N–H and O–H groups in total. The van der Waals surface area contributed by atoms with Crippen molar-refractivity contribution in [2.24, 2.45) is 7.05 Å². The summed E-state index contributed by atoms with van der Waals surface area (Å²) in [7, 11) is -1.94. The van der Waals surface area contributed by atoms with Gasteiger partial charge in [-0.15, -0.1) is 0 Å². The molecule has 0 aliphatic carbocycles. The van der Waals surface area contributed by atoms with Crippen molar-refractivity contribution in [3.63, 3.8) is 0 Å². The van der Waals surface area contributed by atoms with Crippen LogP contribution in [0.3, 0.4) is 0 Å². The second kappa shape index (κ2) is 8.72. The average molecular weight is 422 g/mol. The standard InChI is InChI=1S/C18H22N4O6S/c1-13(28-18(24)14-11-19-21(2)12-14)17(23)20-15-3-5-16(6-4-15)29(25,26)22-7-9-27-10-8-22/h3-6,11-13H,7-10H2,1-2H3,(H,20,23). The highest BCUT2D eigenvalue weighted by molar-refractivity contribution is 7.89. The van der Waals surface area contributed by atoms with E-state index in [2.05, 4.69) is 10.4 Å². The third kappa shape index (κ3) is 5.00. The second-order valence-corrected chi connectivity index (χ2v) is 8.42. The van der Waals surface area contributed by atoms with E-state index in [1.54, 1.807) is 7.05 Å². The van der Waals surface area contributed by atoms with Gasteiger partial charge in [0.05, 0.1) is 29.9 Å². The number of esters is 1. The van der Waals surface area contributed by atoms with Gasteiger partial charge in [-0.3, -0.25) is 9.48 Å². The summed E-state index contributed by atoms with van der Waals surface area (Å²) in [6, 6.07) is 5.82. The molecule has 3 rings (SSSR count). The smallest absolute Gasteiger partial charge is 0.342 e. The number of ether oxygens (including phenoxy) is 2. The van der Waals surface area contributed by atoms with Gasteiger partial charge < -0.3 is 14.8 Å². The Bertz CT molecular complexity index is 980. The molecule has 2 heterocycles. The first kappa shape index (κ1) is 21.0. The van der Waals surface area contributed by atoms with E-state index in [-0.39, 0.29) is 10.5 Å². The van der Waals surface area contributed by atoms with Crippen LogP contribution in [0.25, 0.3) is 0 Å². The van der Waals surface area contributed by atoms with E-state index in [1.165, 1.54) is 52.6 Å². The summed E-state index contributed by atoms with van der Waals surface area (Å²) < 4.78 is 38.3. The first-order valence-corrected chi connectivity index (χ1v) is 10.4. The quantitative estimate of drug-likeness (QED) is 0.678. The molecule has 1 atom stereocenters. The van der Waals surface area contributed by atoms with Crippen LogP contribution in [0.15, 0.2) is 41.6 Å². The maximum atomic E-state index is 12.6. The van der Waals surface area contributed by atoms with Crippen LogP contribution < -0.4 is 5.32 Å². The van der Waals surface area contributed by atoms with Crippen molar-refractivity contribution in [2.45, 2.75) is 17.9 Å². The second-order valence-electron chi connectivity index (χ2n) is 6.48. The number of carbonyl (C=O) groups is 2. The fourth-order valence-electron chi connectivity index (χ4n) is 2.70. The summed E-state index contributed by atoms with van der Waals surface area (Å²) in [5.41, 5.74) is 0.630. The normalized spacial score (nSPS) is 16.2. The van der Waals surface area contributed by atoms with Crippen LogP contribution >= 0.6 is 0 Å². The SMILES string of the molecule is CC(OC(=O)c1cnn(C)c1)C(=O)Nc1ccc(S(=O)(=O)N2CCOCC2)cc1. The first-order valence-electron chi connectivity index (χ1n) is 8.96. The lowest BCUT2D eigenvalue weighted by molar-refractivity contribution is -0.123. The van der Waals surface area contributed by atoms with Gasteiger partial charge in [-0.1, -0.05) is 0 Å². The Morgan fingerprint density at radius 2 is 1.86 bits per heavy atom. The van der Waals surface area contributed by atoms with Crippen molar-refractivity contribution in [2.75, 3.05) is 31.6 Å². The minimum Gasteiger partial charge on any atom is -0.449 e. The van der Waals surface area contributed by atoms with E-state index >= 15 is 0 Å². The molecule has 10 nitrogen and oxygen atoms in total. The molecule has 1 aromatic heterocycles. The third-order valence-electron chi connectivity index (χ3n) is 4.32. The number of nitrogens with zero attached hydrogens (tertiary/aromatic N) is 3. The van der Waals surface area contributed by atoms with E-state index in [9.17, 15) is 18.0 Å².